The van der Waals surface area contributed by atoms with Gasteiger partial charge in [-0.15, -0.1) is 18.2 Å². The highest BCUT2D eigenvalue weighted by atomic mass is 32.2. The summed E-state index contributed by atoms with van der Waals surface area (Å²) in [5.74, 6) is 3.42. The maximum atomic E-state index is 5.34. The third-order valence-corrected chi connectivity index (χ3v) is 4.28. The third kappa shape index (κ3) is 7.59. The van der Waals surface area contributed by atoms with Gasteiger partial charge in [0.1, 0.15) is 0 Å². The van der Waals surface area contributed by atoms with Crippen LogP contribution >= 0.6 is 24.4 Å². The minimum atomic E-state index is -0.0466. The molecule has 2 nitrogen and oxygen atoms in total. The third-order valence-electron chi connectivity index (χ3n) is 2.89. The van der Waals surface area contributed by atoms with Crippen LogP contribution in [0, 0.1) is 12.3 Å². The molecule has 0 spiro atoms. The van der Waals surface area contributed by atoms with E-state index in [9.17, 15) is 0 Å². The number of nitrogens with one attached hydrogen (secondary N) is 2. The van der Waals surface area contributed by atoms with E-state index in [1.54, 1.807) is 11.8 Å². The molecule has 0 aliphatic rings. The van der Waals surface area contributed by atoms with Crippen LogP contribution < -0.4 is 10.6 Å². The lowest BCUT2D eigenvalue weighted by atomic mass is 10.1. The highest BCUT2D eigenvalue weighted by molar-refractivity contribution is 8.00. The van der Waals surface area contributed by atoms with Crippen molar-refractivity contribution < 1.29 is 0 Å². The molecule has 1 rings (SSSR count). The van der Waals surface area contributed by atoms with Crippen LogP contribution in [0.25, 0.3) is 0 Å². The van der Waals surface area contributed by atoms with Crippen LogP contribution in [0.5, 0.6) is 0 Å². The lowest BCUT2D eigenvalue weighted by molar-refractivity contribution is 0.748. The fraction of sp³-hybridized carbons (Fsp3) is 0.529. The molecule has 0 bridgehead atoms. The topological polar surface area (TPSA) is 24.1 Å². The Kier molecular flexibility index (Phi) is 6.83. The van der Waals surface area contributed by atoms with Crippen molar-refractivity contribution in [2.75, 3.05) is 29.5 Å². The molecule has 4 heteroatoms. The molecule has 1 aromatic carbocycles. The predicted molar refractivity (Wildman–Crippen MR) is 102 cm³/mol. The second-order valence-electron chi connectivity index (χ2n) is 6.32. The summed E-state index contributed by atoms with van der Waals surface area (Å²) in [5.41, 5.74) is 2.22. The first kappa shape index (κ1) is 18.1. The molecule has 0 heterocycles. The van der Waals surface area contributed by atoms with E-state index in [0.29, 0.717) is 0 Å². The van der Waals surface area contributed by atoms with E-state index in [1.165, 1.54) is 0 Å². The van der Waals surface area contributed by atoms with Crippen LogP contribution in [0.15, 0.2) is 24.3 Å². The molecule has 0 saturated heterocycles. The average Bonchev–Trinajstić information content (AvgIpc) is 2.41. The number of rotatable bonds is 8. The maximum Gasteiger partial charge on any atom is 0.0576 e. The van der Waals surface area contributed by atoms with Gasteiger partial charge in [0.25, 0.3) is 0 Å². The average molecular weight is 323 g/mol. The number of terminal acetylenes is 1. The number of thiol groups is 1. The van der Waals surface area contributed by atoms with Gasteiger partial charge in [0.2, 0.25) is 0 Å². The largest absolute Gasteiger partial charge is 0.382 e. The number of hydrogen-bond donors (Lipinski definition) is 3. The summed E-state index contributed by atoms with van der Waals surface area (Å²) in [6, 6.07) is 8.26. The lowest BCUT2D eigenvalue weighted by Gasteiger charge is -2.26. The van der Waals surface area contributed by atoms with Gasteiger partial charge in [-0.2, -0.15) is 12.6 Å². The normalized spacial score (nSPS) is 11.8. The SMILES string of the molecule is C#CCSC(C)(C)CNc1ccccc1NCC(C)(C)S. The Morgan fingerprint density at radius 1 is 1.10 bits per heavy atom. The van der Waals surface area contributed by atoms with Gasteiger partial charge < -0.3 is 10.6 Å². The lowest BCUT2D eigenvalue weighted by Crippen LogP contribution is -2.28. The highest BCUT2D eigenvalue weighted by Gasteiger charge is 2.18. The van der Waals surface area contributed by atoms with Crippen molar-refractivity contribution in [1.82, 2.24) is 0 Å². The predicted octanol–water partition coefficient (Wildman–Crippen LogP) is 4.36. The fourth-order valence-corrected chi connectivity index (χ4v) is 2.43. The summed E-state index contributed by atoms with van der Waals surface area (Å²) < 4.78 is 0.0529. The van der Waals surface area contributed by atoms with Gasteiger partial charge in [-0.05, 0) is 39.8 Å². The smallest absolute Gasteiger partial charge is 0.0576 e. The molecule has 116 valence electrons. The molecule has 0 amide bonds. The number of para-hydroxylation sites is 2. The Morgan fingerprint density at radius 2 is 1.62 bits per heavy atom. The molecule has 0 aromatic heterocycles. The summed E-state index contributed by atoms with van der Waals surface area (Å²) in [4.78, 5) is 0. The van der Waals surface area contributed by atoms with E-state index in [2.05, 4.69) is 69.0 Å². The molecule has 21 heavy (non-hydrogen) atoms. The molecule has 0 aliphatic carbocycles. The van der Waals surface area contributed by atoms with Crippen molar-refractivity contribution in [3.63, 3.8) is 0 Å². The van der Waals surface area contributed by atoms with Gasteiger partial charge in [0, 0.05) is 22.6 Å². The van der Waals surface area contributed by atoms with Crippen LogP contribution in [0.2, 0.25) is 0 Å². The van der Waals surface area contributed by atoms with Crippen molar-refractivity contribution in [1.29, 1.82) is 0 Å². The zero-order valence-electron chi connectivity index (χ0n) is 13.4. The molecule has 0 fully saturated rings. The quantitative estimate of drug-likeness (QED) is 0.489. The van der Waals surface area contributed by atoms with E-state index < -0.39 is 0 Å². The number of anilines is 2. The molecule has 1 aromatic rings. The Balaban J connectivity index is 2.65. The Bertz CT molecular complexity index is 484. The van der Waals surface area contributed by atoms with Gasteiger partial charge in [-0.1, -0.05) is 18.1 Å². The zero-order valence-corrected chi connectivity index (χ0v) is 15.1. The number of benzene rings is 1. The molecule has 0 atom stereocenters. The zero-order chi connectivity index (χ0) is 15.9. The van der Waals surface area contributed by atoms with E-state index in [1.807, 2.05) is 12.1 Å². The fourth-order valence-electron chi connectivity index (χ4n) is 1.70. The molecule has 0 aliphatic heterocycles. The molecule has 0 saturated carbocycles. The van der Waals surface area contributed by atoms with Gasteiger partial charge in [0.15, 0.2) is 0 Å². The van der Waals surface area contributed by atoms with E-state index in [-0.39, 0.29) is 9.49 Å². The van der Waals surface area contributed by atoms with Gasteiger partial charge in [0.05, 0.1) is 17.1 Å². The van der Waals surface area contributed by atoms with Gasteiger partial charge in [-0.3, -0.25) is 0 Å². The molecular weight excluding hydrogens is 296 g/mol. The van der Waals surface area contributed by atoms with Crippen LogP contribution in [0.3, 0.4) is 0 Å². The van der Waals surface area contributed by atoms with Crippen LogP contribution in [-0.2, 0) is 0 Å². The number of hydrogen-bond acceptors (Lipinski definition) is 4. The van der Waals surface area contributed by atoms with Crippen molar-refractivity contribution in [2.24, 2.45) is 0 Å². The maximum absolute atomic E-state index is 5.34. The first-order chi connectivity index (χ1) is 9.73. The molecule has 0 unspecified atom stereocenters. The summed E-state index contributed by atoms with van der Waals surface area (Å²) >= 11 is 6.34. The van der Waals surface area contributed by atoms with E-state index in [0.717, 1.165) is 30.2 Å². The van der Waals surface area contributed by atoms with E-state index in [4.69, 9.17) is 6.42 Å². The summed E-state index contributed by atoms with van der Waals surface area (Å²) in [6.45, 7) is 10.3. The summed E-state index contributed by atoms with van der Waals surface area (Å²) in [5, 5.41) is 6.98. The van der Waals surface area contributed by atoms with Gasteiger partial charge in [-0.25, -0.2) is 0 Å². The Labute approximate surface area is 139 Å². The van der Waals surface area contributed by atoms with Crippen LogP contribution in [-0.4, -0.2) is 28.3 Å². The molecule has 0 radical (unpaired) electrons. The second kappa shape index (κ2) is 7.91. The van der Waals surface area contributed by atoms with Crippen molar-refractivity contribution in [3.8, 4) is 12.3 Å². The van der Waals surface area contributed by atoms with Crippen LogP contribution in [0.1, 0.15) is 27.7 Å². The van der Waals surface area contributed by atoms with Crippen molar-refractivity contribution >= 4 is 35.8 Å². The van der Waals surface area contributed by atoms with Crippen molar-refractivity contribution in [2.45, 2.75) is 37.2 Å². The van der Waals surface area contributed by atoms with E-state index >= 15 is 0 Å². The monoisotopic (exact) mass is 322 g/mol. The minimum absolute atomic E-state index is 0.0466. The standard InChI is InChI=1S/C17H26N2S2/c1-6-11-21-17(4,5)13-19-15-10-8-7-9-14(15)18-12-16(2,3)20/h1,7-10,18-20H,11-13H2,2-5H3. The first-order valence-electron chi connectivity index (χ1n) is 7.10. The highest BCUT2D eigenvalue weighted by Crippen LogP contribution is 2.27. The van der Waals surface area contributed by atoms with Gasteiger partial charge >= 0.3 is 0 Å². The molecule has 2 N–H and O–H groups in total. The summed E-state index contributed by atoms with van der Waals surface area (Å²) in [6.07, 6.45) is 5.34. The first-order valence-corrected chi connectivity index (χ1v) is 8.53. The van der Waals surface area contributed by atoms with Crippen molar-refractivity contribution in [3.05, 3.63) is 24.3 Å². The minimum Gasteiger partial charge on any atom is -0.382 e. The molecular formula is C17H26N2S2. The van der Waals surface area contributed by atoms with Crippen LogP contribution in [0.4, 0.5) is 11.4 Å². The summed E-state index contributed by atoms with van der Waals surface area (Å²) in [7, 11) is 0. The Hall–Kier alpha value is -0.920. The second-order valence-corrected chi connectivity index (χ2v) is 9.21. The number of thioether (sulfide) groups is 1. The Morgan fingerprint density at radius 3 is 2.10 bits per heavy atom.